The van der Waals surface area contributed by atoms with Crippen LogP contribution in [0, 0.1) is 5.92 Å². The third-order valence-electron chi connectivity index (χ3n) is 7.78. The van der Waals surface area contributed by atoms with Crippen molar-refractivity contribution in [2.24, 2.45) is 5.92 Å². The monoisotopic (exact) mass is 468 g/mol. The van der Waals surface area contributed by atoms with Crippen LogP contribution in [-0.2, 0) is 9.22 Å². The van der Waals surface area contributed by atoms with E-state index in [4.69, 9.17) is 9.53 Å². The summed E-state index contributed by atoms with van der Waals surface area (Å²) >= 11 is 0. The Morgan fingerprint density at radius 2 is 1.72 bits per heavy atom. The molecule has 32 heavy (non-hydrogen) atoms. The molecule has 0 unspecified atom stereocenters. The molecule has 0 spiro atoms. The summed E-state index contributed by atoms with van der Waals surface area (Å²) in [5, 5.41) is 19.5. The molecule has 2 N–H and O–H groups in total. The Morgan fingerprint density at radius 3 is 2.31 bits per heavy atom. The summed E-state index contributed by atoms with van der Waals surface area (Å²) in [5.41, 5.74) is 1.32. The van der Waals surface area contributed by atoms with Gasteiger partial charge < -0.3 is 14.6 Å². The van der Waals surface area contributed by atoms with Crippen LogP contribution in [0.3, 0.4) is 0 Å². The van der Waals surface area contributed by atoms with Gasteiger partial charge in [-0.15, -0.1) is 0 Å². The van der Waals surface area contributed by atoms with Crippen LogP contribution >= 0.6 is 0 Å². The number of carbonyl (C=O) groups is 1. The zero-order valence-corrected chi connectivity index (χ0v) is 23.1. The van der Waals surface area contributed by atoms with Crippen molar-refractivity contribution in [1.29, 1.82) is 0 Å². The summed E-state index contributed by atoms with van der Waals surface area (Å²) in [6.07, 6.45) is 14.7. The molecule has 3 atom stereocenters. The fourth-order valence-corrected chi connectivity index (χ4v) is 6.39. The largest absolute Gasteiger partial charge is 0.481 e. The molecule has 1 aliphatic carbocycles. The van der Waals surface area contributed by atoms with Crippen LogP contribution in [0.2, 0.25) is 18.1 Å². The minimum Gasteiger partial charge on any atom is -0.481 e. The molecule has 1 rings (SSSR count). The van der Waals surface area contributed by atoms with E-state index >= 15 is 0 Å². The minimum atomic E-state index is -1.86. The second-order valence-corrected chi connectivity index (χ2v) is 16.5. The van der Waals surface area contributed by atoms with E-state index in [2.05, 4.69) is 53.8 Å². The molecule has 0 bridgehead atoms. The molecule has 0 aromatic heterocycles. The first-order valence-corrected chi connectivity index (χ1v) is 16.0. The number of aliphatic hydroxyl groups excluding tert-OH is 1. The number of carboxylic acid groups (broad SMARTS) is 1. The Bertz CT molecular complexity index is 593. The lowest BCUT2D eigenvalue weighted by Gasteiger charge is -2.45. The van der Waals surface area contributed by atoms with Gasteiger partial charge in [-0.2, -0.15) is 0 Å². The van der Waals surface area contributed by atoms with E-state index < -0.39 is 14.3 Å². The molecule has 0 heterocycles. The quantitative estimate of drug-likeness (QED) is 0.137. The van der Waals surface area contributed by atoms with E-state index in [0.29, 0.717) is 0 Å². The molecule has 0 radical (unpaired) electrons. The second-order valence-electron chi connectivity index (χ2n) is 11.8. The van der Waals surface area contributed by atoms with Gasteiger partial charge in [-0.1, -0.05) is 77.9 Å². The van der Waals surface area contributed by atoms with Crippen molar-refractivity contribution in [1.82, 2.24) is 0 Å². The van der Waals surface area contributed by atoms with Crippen LogP contribution in [0.25, 0.3) is 0 Å². The van der Waals surface area contributed by atoms with E-state index in [9.17, 15) is 9.90 Å². The first-order chi connectivity index (χ1) is 14.8. The molecule has 0 aliphatic heterocycles. The highest BCUT2D eigenvalue weighted by molar-refractivity contribution is 6.74. The Balaban J connectivity index is 2.68. The Hall–Kier alpha value is -0.653. The van der Waals surface area contributed by atoms with Gasteiger partial charge in [-0.05, 0) is 63.6 Å². The van der Waals surface area contributed by atoms with Crippen LogP contribution in [0.5, 0.6) is 0 Å². The lowest BCUT2D eigenvalue weighted by atomic mass is 9.86. The van der Waals surface area contributed by atoms with E-state index in [-0.39, 0.29) is 29.1 Å². The molecule has 4 nitrogen and oxygen atoms in total. The molecule has 0 saturated carbocycles. The summed E-state index contributed by atoms with van der Waals surface area (Å²) in [7, 11) is -1.86. The third kappa shape index (κ3) is 10.1. The minimum absolute atomic E-state index is 0.103. The van der Waals surface area contributed by atoms with Crippen LogP contribution in [0.1, 0.15) is 118 Å². The number of rotatable bonds is 16. The molecule has 0 saturated heterocycles. The van der Waals surface area contributed by atoms with E-state index in [1.165, 1.54) is 24.8 Å². The number of aliphatic carboxylic acids is 1. The van der Waals surface area contributed by atoms with E-state index in [0.717, 1.165) is 57.8 Å². The average molecular weight is 469 g/mol. The van der Waals surface area contributed by atoms with Gasteiger partial charge in [0.25, 0.3) is 0 Å². The maximum atomic E-state index is 10.7. The van der Waals surface area contributed by atoms with Crippen LogP contribution in [0.15, 0.2) is 11.6 Å². The van der Waals surface area contributed by atoms with Gasteiger partial charge in [0.15, 0.2) is 8.32 Å². The normalized spacial score (nSPS) is 21.4. The molecular weight excluding hydrogens is 416 g/mol. The predicted molar refractivity (Wildman–Crippen MR) is 138 cm³/mol. The molecule has 1 aliphatic rings. The third-order valence-corrected chi connectivity index (χ3v) is 12.4. The summed E-state index contributed by atoms with van der Waals surface area (Å²) in [6, 6.07) is 0. The van der Waals surface area contributed by atoms with Crippen molar-refractivity contribution in [3.63, 3.8) is 0 Å². The average Bonchev–Trinajstić information content (AvgIpc) is 3.01. The second kappa shape index (κ2) is 13.3. The van der Waals surface area contributed by atoms with Crippen molar-refractivity contribution in [2.45, 2.75) is 148 Å². The first kappa shape index (κ1) is 29.4. The zero-order chi connectivity index (χ0) is 24.4. The number of hydrogen-bond donors (Lipinski definition) is 2. The fourth-order valence-electron chi connectivity index (χ4n) is 4.65. The summed E-state index contributed by atoms with van der Waals surface area (Å²) < 4.78 is 7.00. The van der Waals surface area contributed by atoms with Crippen LogP contribution in [-0.4, -0.2) is 36.2 Å². The molecule has 0 aromatic carbocycles. The summed E-state index contributed by atoms with van der Waals surface area (Å²) in [5.74, 6) is -0.439. The number of aliphatic hydroxyl groups is 1. The van der Waals surface area contributed by atoms with Crippen molar-refractivity contribution >= 4 is 14.3 Å². The van der Waals surface area contributed by atoms with Gasteiger partial charge in [0.1, 0.15) is 0 Å². The standard InChI is InChI=1S/C27H52O4Si/c1-8-9-14-20-27(5,31-32(6,7)26(2,3)4)21-19-22-17-18-24(28)23(22)15-12-10-11-13-16-25(29)30/h17,23-24,28H,8-16,18-21H2,1-7H3,(H,29,30)/t23-,24+,27+/m1/s1. The van der Waals surface area contributed by atoms with Gasteiger partial charge in [0, 0.05) is 12.3 Å². The van der Waals surface area contributed by atoms with Gasteiger partial charge in [-0.3, -0.25) is 4.79 Å². The Kier molecular flexibility index (Phi) is 12.2. The topological polar surface area (TPSA) is 66.8 Å². The molecule has 0 fully saturated rings. The number of unbranched alkanes of at least 4 members (excludes halogenated alkanes) is 5. The summed E-state index contributed by atoms with van der Waals surface area (Å²) in [6.45, 7) is 16.2. The molecular formula is C27H52O4Si. The maximum Gasteiger partial charge on any atom is 0.303 e. The summed E-state index contributed by atoms with van der Waals surface area (Å²) in [4.78, 5) is 10.7. The molecule has 0 aromatic rings. The number of hydrogen-bond acceptors (Lipinski definition) is 3. The van der Waals surface area contributed by atoms with E-state index in [1.54, 1.807) is 0 Å². The smallest absolute Gasteiger partial charge is 0.303 e. The van der Waals surface area contributed by atoms with Crippen molar-refractivity contribution < 1.29 is 19.4 Å². The van der Waals surface area contributed by atoms with Crippen molar-refractivity contribution in [3.8, 4) is 0 Å². The number of carboxylic acids is 1. The highest BCUT2D eigenvalue weighted by Crippen LogP contribution is 2.43. The Morgan fingerprint density at radius 1 is 1.06 bits per heavy atom. The van der Waals surface area contributed by atoms with E-state index in [1.807, 2.05) is 0 Å². The predicted octanol–water partition coefficient (Wildman–Crippen LogP) is 7.86. The lowest BCUT2D eigenvalue weighted by molar-refractivity contribution is -0.137. The molecule has 188 valence electrons. The molecule has 5 heteroatoms. The van der Waals surface area contributed by atoms with Crippen LogP contribution < -0.4 is 0 Å². The highest BCUT2D eigenvalue weighted by atomic mass is 28.4. The van der Waals surface area contributed by atoms with Gasteiger partial charge in [0.2, 0.25) is 0 Å². The fraction of sp³-hybridized carbons (Fsp3) is 0.889. The van der Waals surface area contributed by atoms with Gasteiger partial charge >= 0.3 is 5.97 Å². The lowest BCUT2D eigenvalue weighted by Crippen LogP contribution is -2.48. The van der Waals surface area contributed by atoms with Gasteiger partial charge in [-0.25, -0.2) is 0 Å². The highest BCUT2D eigenvalue weighted by Gasteiger charge is 2.43. The zero-order valence-electron chi connectivity index (χ0n) is 22.1. The van der Waals surface area contributed by atoms with Crippen molar-refractivity contribution in [3.05, 3.63) is 11.6 Å². The SMILES string of the molecule is CCCCC[C@@](C)(CCC1=CC[C@H](O)[C@@H]1CCCCCCC(=O)O)O[Si](C)(C)C(C)(C)C. The Labute approximate surface area is 199 Å². The first-order valence-electron chi connectivity index (χ1n) is 13.1. The van der Waals surface area contributed by atoms with Crippen LogP contribution in [0.4, 0.5) is 0 Å². The van der Waals surface area contributed by atoms with Gasteiger partial charge in [0.05, 0.1) is 11.7 Å². The molecule has 0 amide bonds. The van der Waals surface area contributed by atoms with Crippen molar-refractivity contribution in [2.75, 3.05) is 0 Å². The maximum absolute atomic E-state index is 10.7.